The van der Waals surface area contributed by atoms with Crippen molar-refractivity contribution in [1.29, 1.82) is 0 Å². The molecule has 0 spiro atoms. The Balaban J connectivity index is 2.62. The Morgan fingerprint density at radius 3 is 2.67 bits per heavy atom. The van der Waals surface area contributed by atoms with Crippen molar-refractivity contribution in [2.24, 2.45) is 5.73 Å². The number of nitrogens with zero attached hydrogens (tertiary/aromatic N) is 1. The van der Waals surface area contributed by atoms with Gasteiger partial charge in [0.2, 0.25) is 0 Å². The summed E-state index contributed by atoms with van der Waals surface area (Å²) in [5.41, 5.74) is 5.57. The third-order valence-electron chi connectivity index (χ3n) is 2.44. The van der Waals surface area contributed by atoms with Crippen LogP contribution in [0.1, 0.15) is 6.92 Å². The molecule has 6 nitrogen and oxygen atoms in total. The molecular weight excluding hydrogens is 275 g/mol. The van der Waals surface area contributed by atoms with Crippen molar-refractivity contribution < 1.29 is 26.3 Å². The zero-order valence-corrected chi connectivity index (χ0v) is 10.6. The molecule has 0 aromatic heterocycles. The van der Waals surface area contributed by atoms with Gasteiger partial charge in [0.25, 0.3) is 10.2 Å². The van der Waals surface area contributed by atoms with Crippen LogP contribution in [0.25, 0.3) is 0 Å². The standard InChI is InChI=1S/C8H16F3N3O3S/c1-6(12)7-4-14(2-3-17-7)18(15,16)13-5-8(9,10)11/h6-7,13H,2-5,12H2,1H3. The first-order chi connectivity index (χ1) is 8.12. The van der Waals surface area contributed by atoms with Crippen molar-refractivity contribution >= 4 is 10.2 Å². The van der Waals surface area contributed by atoms with E-state index >= 15 is 0 Å². The van der Waals surface area contributed by atoms with Crippen molar-refractivity contribution in [2.45, 2.75) is 25.2 Å². The highest BCUT2D eigenvalue weighted by molar-refractivity contribution is 7.87. The van der Waals surface area contributed by atoms with Crippen molar-refractivity contribution in [3.8, 4) is 0 Å². The van der Waals surface area contributed by atoms with Gasteiger partial charge in [0.15, 0.2) is 0 Å². The maximum absolute atomic E-state index is 12.0. The summed E-state index contributed by atoms with van der Waals surface area (Å²) in [6.07, 6.45) is -5.10. The highest BCUT2D eigenvalue weighted by Gasteiger charge is 2.34. The van der Waals surface area contributed by atoms with Gasteiger partial charge in [-0.15, -0.1) is 0 Å². The van der Waals surface area contributed by atoms with Crippen LogP contribution in [-0.2, 0) is 14.9 Å². The molecule has 108 valence electrons. The summed E-state index contributed by atoms with van der Waals surface area (Å²) in [6, 6.07) is -0.398. The number of halogens is 3. The van der Waals surface area contributed by atoms with Gasteiger partial charge in [-0.1, -0.05) is 0 Å². The SMILES string of the molecule is CC(N)C1CN(S(=O)(=O)NCC(F)(F)F)CCO1. The number of hydrogen-bond donors (Lipinski definition) is 2. The zero-order valence-electron chi connectivity index (χ0n) is 9.77. The summed E-state index contributed by atoms with van der Waals surface area (Å²) in [7, 11) is -4.16. The molecule has 0 saturated carbocycles. The summed E-state index contributed by atoms with van der Waals surface area (Å²) in [6.45, 7) is 0.125. The molecule has 1 saturated heterocycles. The van der Waals surface area contributed by atoms with Crippen molar-refractivity contribution in [3.63, 3.8) is 0 Å². The second-order valence-electron chi connectivity index (χ2n) is 4.07. The minimum absolute atomic E-state index is 0.0103. The van der Waals surface area contributed by atoms with E-state index < -0.39 is 35.1 Å². The van der Waals surface area contributed by atoms with Crippen LogP contribution in [0.15, 0.2) is 0 Å². The summed E-state index contributed by atoms with van der Waals surface area (Å²) >= 11 is 0. The molecule has 0 aromatic rings. The van der Waals surface area contributed by atoms with E-state index in [1.54, 1.807) is 6.92 Å². The number of hydrogen-bond acceptors (Lipinski definition) is 4. The third-order valence-corrected chi connectivity index (χ3v) is 3.96. The molecule has 1 rings (SSSR count). The Kier molecular flexibility index (Phi) is 4.95. The highest BCUT2D eigenvalue weighted by atomic mass is 32.2. The van der Waals surface area contributed by atoms with E-state index in [0.29, 0.717) is 0 Å². The van der Waals surface area contributed by atoms with Crippen molar-refractivity contribution in [1.82, 2.24) is 9.03 Å². The number of rotatable bonds is 4. The maximum atomic E-state index is 12.0. The summed E-state index contributed by atoms with van der Waals surface area (Å²) in [5, 5.41) is 0. The minimum Gasteiger partial charge on any atom is -0.374 e. The van der Waals surface area contributed by atoms with E-state index in [1.807, 2.05) is 0 Å². The molecule has 18 heavy (non-hydrogen) atoms. The van der Waals surface area contributed by atoms with Crippen molar-refractivity contribution in [2.75, 3.05) is 26.2 Å². The predicted octanol–water partition coefficient (Wildman–Crippen LogP) is -0.569. The second-order valence-corrected chi connectivity index (χ2v) is 5.82. The van der Waals surface area contributed by atoms with E-state index in [0.717, 1.165) is 4.31 Å². The molecule has 1 heterocycles. The highest BCUT2D eigenvalue weighted by Crippen LogP contribution is 2.15. The Labute approximate surface area is 103 Å². The Morgan fingerprint density at radius 2 is 2.17 bits per heavy atom. The van der Waals surface area contributed by atoms with E-state index in [1.165, 1.54) is 4.72 Å². The van der Waals surface area contributed by atoms with Gasteiger partial charge >= 0.3 is 6.18 Å². The quantitative estimate of drug-likeness (QED) is 0.726. The fourth-order valence-electron chi connectivity index (χ4n) is 1.45. The van der Waals surface area contributed by atoms with Crippen LogP contribution in [0.3, 0.4) is 0 Å². The second kappa shape index (κ2) is 5.70. The first-order valence-corrected chi connectivity index (χ1v) is 6.74. The smallest absolute Gasteiger partial charge is 0.374 e. The lowest BCUT2D eigenvalue weighted by atomic mass is 10.2. The van der Waals surface area contributed by atoms with Gasteiger partial charge in [-0.2, -0.15) is 30.6 Å². The number of alkyl halides is 3. The molecule has 0 bridgehead atoms. The topological polar surface area (TPSA) is 84.7 Å². The summed E-state index contributed by atoms with van der Waals surface area (Å²) < 4.78 is 66.8. The fraction of sp³-hybridized carbons (Fsp3) is 1.00. The summed E-state index contributed by atoms with van der Waals surface area (Å²) in [5.74, 6) is 0. The average Bonchev–Trinajstić information content (AvgIpc) is 2.26. The average molecular weight is 291 g/mol. The van der Waals surface area contributed by atoms with Gasteiger partial charge in [0, 0.05) is 19.1 Å². The van der Waals surface area contributed by atoms with E-state index in [2.05, 4.69) is 0 Å². The lowest BCUT2D eigenvalue weighted by Crippen LogP contribution is -2.54. The molecule has 0 amide bonds. The van der Waals surface area contributed by atoms with E-state index in [-0.39, 0.29) is 19.7 Å². The lowest BCUT2D eigenvalue weighted by molar-refractivity contribution is -0.121. The normalized spacial score (nSPS) is 25.1. The van der Waals surface area contributed by atoms with Crippen LogP contribution in [0, 0.1) is 0 Å². The molecule has 2 atom stereocenters. The number of morpholine rings is 1. The number of nitrogens with one attached hydrogen (secondary N) is 1. The molecule has 0 aliphatic carbocycles. The predicted molar refractivity (Wildman–Crippen MR) is 57.9 cm³/mol. The maximum Gasteiger partial charge on any atom is 0.402 e. The monoisotopic (exact) mass is 291 g/mol. The first kappa shape index (κ1) is 15.6. The molecule has 0 radical (unpaired) electrons. The Bertz CT molecular complexity index is 372. The van der Waals surface area contributed by atoms with Crippen LogP contribution in [0.2, 0.25) is 0 Å². The lowest BCUT2D eigenvalue weighted by Gasteiger charge is -2.33. The molecule has 1 fully saturated rings. The third kappa shape index (κ3) is 4.69. The molecule has 0 aromatic carbocycles. The van der Waals surface area contributed by atoms with Crippen LogP contribution in [-0.4, -0.2) is 57.3 Å². The molecule has 1 aliphatic rings. The zero-order chi connectivity index (χ0) is 14.0. The Morgan fingerprint density at radius 1 is 1.56 bits per heavy atom. The number of ether oxygens (including phenoxy) is 1. The Hall–Kier alpha value is -0.420. The number of nitrogens with two attached hydrogens (primary N) is 1. The fourth-order valence-corrected chi connectivity index (χ4v) is 2.64. The van der Waals surface area contributed by atoms with Gasteiger partial charge in [0.1, 0.15) is 6.54 Å². The van der Waals surface area contributed by atoms with Gasteiger partial charge in [-0.3, -0.25) is 0 Å². The summed E-state index contributed by atoms with van der Waals surface area (Å²) in [4.78, 5) is 0. The van der Waals surface area contributed by atoms with Crippen LogP contribution in [0.4, 0.5) is 13.2 Å². The van der Waals surface area contributed by atoms with Crippen molar-refractivity contribution in [3.05, 3.63) is 0 Å². The molecule has 10 heteroatoms. The van der Waals surface area contributed by atoms with Gasteiger partial charge < -0.3 is 10.5 Å². The first-order valence-electron chi connectivity index (χ1n) is 5.30. The molecule has 2 unspecified atom stereocenters. The van der Waals surface area contributed by atoms with Gasteiger partial charge in [0.05, 0.1) is 12.7 Å². The minimum atomic E-state index is -4.58. The van der Waals surface area contributed by atoms with Crippen LogP contribution in [0.5, 0.6) is 0 Å². The van der Waals surface area contributed by atoms with Gasteiger partial charge in [-0.05, 0) is 6.92 Å². The molecular formula is C8H16F3N3O3S. The molecule has 1 aliphatic heterocycles. The van der Waals surface area contributed by atoms with Crippen LogP contribution >= 0.6 is 0 Å². The molecule has 3 N–H and O–H groups in total. The largest absolute Gasteiger partial charge is 0.402 e. The van der Waals surface area contributed by atoms with E-state index in [4.69, 9.17) is 10.5 Å². The van der Waals surface area contributed by atoms with Gasteiger partial charge in [-0.25, -0.2) is 0 Å². The van der Waals surface area contributed by atoms with E-state index in [9.17, 15) is 21.6 Å². The van der Waals surface area contributed by atoms with Crippen LogP contribution < -0.4 is 10.5 Å².